The molecule has 28 heavy (non-hydrogen) atoms. The third-order valence-corrected chi connectivity index (χ3v) is 4.90. The molecule has 6 radical (unpaired) electrons. The Hall–Kier alpha value is 0.994. The Morgan fingerprint density at radius 1 is 0.714 bits per heavy atom. The van der Waals surface area contributed by atoms with Gasteiger partial charge in [-0.1, -0.05) is 7.43 Å². The van der Waals surface area contributed by atoms with Gasteiger partial charge in [0.15, 0.2) is 11.6 Å². The fourth-order valence-corrected chi connectivity index (χ4v) is 3.79. The zero-order chi connectivity index (χ0) is 18.8. The van der Waals surface area contributed by atoms with Gasteiger partial charge < -0.3 is 28.4 Å². The van der Waals surface area contributed by atoms with Crippen LogP contribution < -0.4 is 0 Å². The molecule has 4 saturated heterocycles. The van der Waals surface area contributed by atoms with Crippen molar-refractivity contribution < 1.29 is 61.1 Å². The van der Waals surface area contributed by atoms with Crippen LogP contribution >= 0.6 is 0 Å². The third kappa shape index (κ3) is 5.82. The Morgan fingerprint density at radius 2 is 1.21 bits per heavy atom. The second-order valence-electron chi connectivity index (χ2n) is 9.08. The third-order valence-electron chi connectivity index (χ3n) is 4.90. The summed E-state index contributed by atoms with van der Waals surface area (Å²) in [5, 5.41) is 0. The van der Waals surface area contributed by atoms with Crippen LogP contribution in [0.1, 0.15) is 62.8 Å². The first-order chi connectivity index (χ1) is 11.2. The average Bonchev–Trinajstić information content (AvgIpc) is 3.05. The minimum absolute atomic E-state index is 0. The summed E-state index contributed by atoms with van der Waals surface area (Å²) in [4.78, 5) is 0. The summed E-state index contributed by atoms with van der Waals surface area (Å²) in [6.07, 6.45) is -0.162. The molecule has 9 heteroatoms. The molecular weight excluding hydrogens is 435 g/mol. The van der Waals surface area contributed by atoms with Crippen LogP contribution in [0.15, 0.2) is 0 Å². The Kier molecular flexibility index (Phi) is 9.56. The monoisotopic (exact) mass is 469 g/mol. The SMILES string of the molecule is C.CC1(C)OC2[CH-]OC(C)(C)C2O1.[B].[B][C@@H]1OC(C)(C)C2OC(C)(C)OC21.[Y]. The summed E-state index contributed by atoms with van der Waals surface area (Å²) in [6, 6.07) is -0.373. The van der Waals surface area contributed by atoms with E-state index in [0.29, 0.717) is 0 Å². The molecular formula is C19H34B2O6Y-. The molecule has 6 nitrogen and oxygen atoms in total. The van der Waals surface area contributed by atoms with Crippen LogP contribution in [-0.4, -0.2) is 69.5 Å². The molecule has 0 saturated carbocycles. The van der Waals surface area contributed by atoms with Crippen molar-refractivity contribution in [2.45, 2.75) is 116 Å². The molecule has 0 amide bonds. The zero-order valence-electron chi connectivity index (χ0n) is 17.6. The first kappa shape index (κ1) is 29.0. The Bertz CT molecular complexity index is 529. The largest absolute Gasteiger partial charge is 0.543 e. The average molecular weight is 469 g/mol. The van der Waals surface area contributed by atoms with Crippen molar-refractivity contribution in [2.75, 3.05) is 0 Å². The van der Waals surface area contributed by atoms with Crippen LogP contribution in [0.5, 0.6) is 0 Å². The molecule has 0 aromatic carbocycles. The van der Waals surface area contributed by atoms with E-state index >= 15 is 0 Å². The van der Waals surface area contributed by atoms with Crippen LogP contribution in [0, 0.1) is 6.61 Å². The van der Waals surface area contributed by atoms with Gasteiger partial charge in [0.05, 0.1) is 17.3 Å². The number of ether oxygens (including phenoxy) is 6. The molecule has 0 aromatic heterocycles. The van der Waals surface area contributed by atoms with E-state index in [-0.39, 0.29) is 90.2 Å². The van der Waals surface area contributed by atoms with Crippen molar-refractivity contribution in [2.24, 2.45) is 0 Å². The van der Waals surface area contributed by atoms with Crippen molar-refractivity contribution >= 4 is 16.3 Å². The van der Waals surface area contributed by atoms with E-state index in [1.54, 1.807) is 6.61 Å². The first-order valence-corrected chi connectivity index (χ1v) is 8.88. The van der Waals surface area contributed by atoms with E-state index < -0.39 is 11.6 Å². The fourth-order valence-electron chi connectivity index (χ4n) is 3.79. The van der Waals surface area contributed by atoms with Crippen molar-refractivity contribution in [3.8, 4) is 0 Å². The minimum Gasteiger partial charge on any atom is -0.543 e. The van der Waals surface area contributed by atoms with Gasteiger partial charge in [0.1, 0.15) is 20.1 Å². The molecule has 4 heterocycles. The normalized spacial score (nSPS) is 39.9. The quantitative estimate of drug-likeness (QED) is 0.402. The van der Waals surface area contributed by atoms with Crippen molar-refractivity contribution in [3.63, 3.8) is 0 Å². The predicted octanol–water partition coefficient (Wildman–Crippen LogP) is 2.54. The number of hydrogen-bond acceptors (Lipinski definition) is 6. The van der Waals surface area contributed by atoms with Gasteiger partial charge in [-0.05, 0) is 61.5 Å². The Balaban J connectivity index is 0.000000471. The smallest absolute Gasteiger partial charge is 0.164 e. The maximum atomic E-state index is 5.79. The van der Waals surface area contributed by atoms with E-state index in [9.17, 15) is 0 Å². The van der Waals surface area contributed by atoms with Crippen LogP contribution in [0.3, 0.4) is 0 Å². The van der Waals surface area contributed by atoms with Gasteiger partial charge in [-0.3, -0.25) is 0 Å². The van der Waals surface area contributed by atoms with Crippen LogP contribution in [0.25, 0.3) is 0 Å². The molecule has 0 aromatic rings. The van der Waals surface area contributed by atoms with Gasteiger partial charge in [-0.15, -0.1) is 0 Å². The molecule has 4 fully saturated rings. The van der Waals surface area contributed by atoms with E-state index in [1.165, 1.54) is 0 Å². The van der Waals surface area contributed by atoms with Gasteiger partial charge in [-0.25, -0.2) is 0 Å². The van der Waals surface area contributed by atoms with E-state index in [2.05, 4.69) is 0 Å². The van der Waals surface area contributed by atoms with Gasteiger partial charge in [0, 0.05) is 47.1 Å². The molecule has 156 valence electrons. The summed E-state index contributed by atoms with van der Waals surface area (Å²) in [7, 11) is 5.79. The fraction of sp³-hybridized carbons (Fsp3) is 0.947. The van der Waals surface area contributed by atoms with Gasteiger partial charge in [-0.2, -0.15) is 6.61 Å². The van der Waals surface area contributed by atoms with E-state index in [1.807, 2.05) is 55.4 Å². The molecule has 4 rings (SSSR count). The summed E-state index contributed by atoms with van der Waals surface area (Å²) in [5.74, 6) is -0.999. The number of fused-ring (bicyclic) bond motifs is 2. The molecule has 0 bridgehead atoms. The van der Waals surface area contributed by atoms with Crippen LogP contribution in [0.4, 0.5) is 0 Å². The minimum atomic E-state index is -0.534. The molecule has 0 aliphatic carbocycles. The predicted molar refractivity (Wildman–Crippen MR) is 104 cm³/mol. The first-order valence-electron chi connectivity index (χ1n) is 8.88. The topological polar surface area (TPSA) is 55.4 Å². The number of hydrogen-bond donors (Lipinski definition) is 0. The van der Waals surface area contributed by atoms with Crippen LogP contribution in [-0.2, 0) is 61.1 Å². The van der Waals surface area contributed by atoms with Gasteiger partial charge >= 0.3 is 0 Å². The second kappa shape index (κ2) is 9.24. The standard InChI is InChI=1S/C9H15BO3.C9H15O3.CH4.B.Y/c1-8(2)6-5(7(10)13-8)11-9(3,4)12-6;1-8(2)7-6(5-10-8)11-9(3,4)12-7;;;/h5-7H,1-4H3;5-7H,1-4H3;1H4;;/q;-1;;;/t5?,6?,7-;;;;/m1..../s1. The van der Waals surface area contributed by atoms with Gasteiger partial charge in [0.2, 0.25) is 0 Å². The summed E-state index contributed by atoms with van der Waals surface area (Å²) >= 11 is 0. The summed E-state index contributed by atoms with van der Waals surface area (Å²) in [5.41, 5.74) is -0.601. The van der Waals surface area contributed by atoms with Crippen LogP contribution in [0.2, 0.25) is 0 Å². The maximum Gasteiger partial charge on any atom is 0.164 e. The Morgan fingerprint density at radius 3 is 1.71 bits per heavy atom. The number of rotatable bonds is 0. The second-order valence-corrected chi connectivity index (χ2v) is 9.08. The van der Waals surface area contributed by atoms with Crippen molar-refractivity contribution in [3.05, 3.63) is 6.61 Å². The summed E-state index contributed by atoms with van der Waals surface area (Å²) in [6.45, 7) is 17.4. The maximum absolute atomic E-state index is 5.79. The molecule has 4 aliphatic rings. The van der Waals surface area contributed by atoms with E-state index in [4.69, 9.17) is 36.3 Å². The summed E-state index contributed by atoms with van der Waals surface area (Å²) < 4.78 is 33.7. The molecule has 0 spiro atoms. The molecule has 5 atom stereocenters. The van der Waals surface area contributed by atoms with Gasteiger partial charge in [0.25, 0.3) is 0 Å². The zero-order valence-corrected chi connectivity index (χ0v) is 20.5. The Labute approximate surface area is 199 Å². The van der Waals surface area contributed by atoms with Crippen molar-refractivity contribution in [1.29, 1.82) is 0 Å². The molecule has 4 aliphatic heterocycles. The molecule has 0 N–H and O–H groups in total. The molecule has 4 unspecified atom stereocenters. The van der Waals surface area contributed by atoms with Crippen molar-refractivity contribution in [1.82, 2.24) is 0 Å². The van der Waals surface area contributed by atoms with E-state index in [0.717, 1.165) is 0 Å².